The van der Waals surface area contributed by atoms with Crippen molar-refractivity contribution in [3.05, 3.63) is 16.1 Å². The fourth-order valence-corrected chi connectivity index (χ4v) is 6.37. The molecule has 1 fully saturated rings. The Labute approximate surface area is 123 Å². The Morgan fingerprint density at radius 1 is 1.33 bits per heavy atom. The molecule has 0 saturated carbocycles. The third kappa shape index (κ3) is 3.89. The Kier molecular flexibility index (Phi) is 6.35. The molecule has 5 heteroatoms. The van der Waals surface area contributed by atoms with Gasteiger partial charge in [-0.25, -0.2) is 4.98 Å². The van der Waals surface area contributed by atoms with Crippen LogP contribution in [0.1, 0.15) is 41.8 Å². The van der Waals surface area contributed by atoms with Gasteiger partial charge in [-0.05, 0) is 19.4 Å². The first kappa shape index (κ1) is 14.7. The number of nitrogens with zero attached hydrogens (tertiary/aromatic N) is 1. The second-order valence-corrected chi connectivity index (χ2v) is 8.19. The number of thioether (sulfide) groups is 2. The third-order valence-electron chi connectivity index (χ3n) is 2.99. The number of thiazole rings is 1. The van der Waals surface area contributed by atoms with Crippen LogP contribution in [0, 0.1) is 0 Å². The minimum atomic E-state index is 0.624. The molecule has 2 unspecified atom stereocenters. The Morgan fingerprint density at radius 2 is 2.17 bits per heavy atom. The predicted molar refractivity (Wildman–Crippen MR) is 85.8 cm³/mol. The number of aromatic nitrogens is 1. The van der Waals surface area contributed by atoms with Crippen molar-refractivity contribution < 1.29 is 0 Å². The summed E-state index contributed by atoms with van der Waals surface area (Å²) in [6.07, 6.45) is 4.51. The molecule has 2 rings (SSSR count). The standard InChI is InChI=1S/C13H22N2S3/c1-3-5-14-8-10-9-15-13(18-10)12-11(4-2)16-6-7-17-12/h9,11-12,14H,3-8H2,1-2H3. The Balaban J connectivity index is 1.95. The summed E-state index contributed by atoms with van der Waals surface area (Å²) >= 11 is 6.13. The van der Waals surface area contributed by atoms with E-state index < -0.39 is 0 Å². The lowest BCUT2D eigenvalue weighted by atomic mass is 10.2. The Morgan fingerprint density at radius 3 is 2.94 bits per heavy atom. The van der Waals surface area contributed by atoms with Gasteiger partial charge in [0.1, 0.15) is 5.01 Å². The van der Waals surface area contributed by atoms with E-state index in [4.69, 9.17) is 0 Å². The second kappa shape index (κ2) is 7.78. The minimum absolute atomic E-state index is 0.624. The molecule has 1 aliphatic heterocycles. The molecule has 1 aromatic heterocycles. The molecular weight excluding hydrogens is 280 g/mol. The van der Waals surface area contributed by atoms with E-state index in [0.717, 1.165) is 18.3 Å². The van der Waals surface area contributed by atoms with Gasteiger partial charge in [-0.3, -0.25) is 0 Å². The Hall–Kier alpha value is 0.290. The smallest absolute Gasteiger partial charge is 0.107 e. The molecular formula is C13H22N2S3. The largest absolute Gasteiger partial charge is 0.312 e. The number of rotatable bonds is 6. The van der Waals surface area contributed by atoms with Crippen LogP contribution in [0.5, 0.6) is 0 Å². The van der Waals surface area contributed by atoms with Gasteiger partial charge in [-0.15, -0.1) is 23.1 Å². The van der Waals surface area contributed by atoms with E-state index in [-0.39, 0.29) is 0 Å². The fourth-order valence-electron chi connectivity index (χ4n) is 2.06. The second-order valence-electron chi connectivity index (χ2n) is 4.45. The fraction of sp³-hybridized carbons (Fsp3) is 0.769. The van der Waals surface area contributed by atoms with Crippen LogP contribution >= 0.6 is 34.9 Å². The van der Waals surface area contributed by atoms with Crippen LogP contribution in [0.4, 0.5) is 0 Å². The molecule has 0 amide bonds. The van der Waals surface area contributed by atoms with Crippen molar-refractivity contribution in [3.63, 3.8) is 0 Å². The highest BCUT2D eigenvalue weighted by atomic mass is 32.2. The predicted octanol–water partition coefficient (Wildman–Crippen LogP) is 3.94. The third-order valence-corrected chi connectivity index (χ3v) is 7.48. The molecule has 1 saturated heterocycles. The topological polar surface area (TPSA) is 24.9 Å². The molecule has 102 valence electrons. The molecule has 1 N–H and O–H groups in total. The quantitative estimate of drug-likeness (QED) is 0.805. The van der Waals surface area contributed by atoms with Crippen molar-refractivity contribution in [2.75, 3.05) is 18.1 Å². The van der Waals surface area contributed by atoms with Crippen molar-refractivity contribution in [3.8, 4) is 0 Å². The Bertz CT molecular complexity index is 354. The van der Waals surface area contributed by atoms with Crippen molar-refractivity contribution in [2.24, 2.45) is 0 Å². The van der Waals surface area contributed by atoms with E-state index in [0.29, 0.717) is 5.25 Å². The van der Waals surface area contributed by atoms with Crippen molar-refractivity contribution >= 4 is 34.9 Å². The van der Waals surface area contributed by atoms with Crippen LogP contribution in [-0.4, -0.2) is 28.3 Å². The highest BCUT2D eigenvalue weighted by molar-refractivity contribution is 8.06. The van der Waals surface area contributed by atoms with Crippen molar-refractivity contribution in [2.45, 2.75) is 43.7 Å². The van der Waals surface area contributed by atoms with Crippen LogP contribution in [0.3, 0.4) is 0 Å². The summed E-state index contributed by atoms with van der Waals surface area (Å²) in [7, 11) is 0. The van der Waals surface area contributed by atoms with Gasteiger partial charge in [0.05, 0.1) is 5.25 Å². The van der Waals surface area contributed by atoms with Gasteiger partial charge in [0.2, 0.25) is 0 Å². The van der Waals surface area contributed by atoms with E-state index in [9.17, 15) is 0 Å². The van der Waals surface area contributed by atoms with Crippen molar-refractivity contribution in [1.82, 2.24) is 10.3 Å². The molecule has 18 heavy (non-hydrogen) atoms. The normalized spacial score (nSPS) is 24.3. The molecule has 0 bridgehead atoms. The zero-order valence-electron chi connectivity index (χ0n) is 11.1. The van der Waals surface area contributed by atoms with Gasteiger partial charge in [0.25, 0.3) is 0 Å². The molecule has 0 spiro atoms. The first-order valence-corrected chi connectivity index (χ1v) is 9.65. The van der Waals surface area contributed by atoms with E-state index in [1.165, 1.54) is 34.2 Å². The summed E-state index contributed by atoms with van der Waals surface area (Å²) in [6, 6.07) is 0. The maximum absolute atomic E-state index is 4.66. The highest BCUT2D eigenvalue weighted by Crippen LogP contribution is 2.45. The lowest BCUT2D eigenvalue weighted by Gasteiger charge is -2.28. The summed E-state index contributed by atoms with van der Waals surface area (Å²) < 4.78 is 0. The average Bonchev–Trinajstić information content (AvgIpc) is 2.88. The van der Waals surface area contributed by atoms with Crippen molar-refractivity contribution in [1.29, 1.82) is 0 Å². The monoisotopic (exact) mass is 302 g/mol. The summed E-state index contributed by atoms with van der Waals surface area (Å²) in [5.74, 6) is 2.57. The van der Waals surface area contributed by atoms with E-state index in [2.05, 4.69) is 53.9 Å². The van der Waals surface area contributed by atoms with Gasteiger partial charge in [-0.1, -0.05) is 13.8 Å². The zero-order valence-corrected chi connectivity index (χ0v) is 13.6. The van der Waals surface area contributed by atoms with Gasteiger partial charge >= 0.3 is 0 Å². The molecule has 0 aliphatic carbocycles. The van der Waals surface area contributed by atoms with E-state index in [1.807, 2.05) is 11.3 Å². The van der Waals surface area contributed by atoms with Gasteiger partial charge < -0.3 is 5.32 Å². The van der Waals surface area contributed by atoms with Gasteiger partial charge in [0.15, 0.2) is 0 Å². The van der Waals surface area contributed by atoms with Gasteiger partial charge in [-0.2, -0.15) is 11.8 Å². The van der Waals surface area contributed by atoms with Crippen LogP contribution in [-0.2, 0) is 6.54 Å². The minimum Gasteiger partial charge on any atom is -0.312 e. The molecule has 2 atom stereocenters. The number of hydrogen-bond acceptors (Lipinski definition) is 5. The molecule has 0 radical (unpaired) electrons. The lowest BCUT2D eigenvalue weighted by molar-refractivity contribution is 0.681. The number of nitrogens with one attached hydrogen (secondary N) is 1. The highest BCUT2D eigenvalue weighted by Gasteiger charge is 2.28. The molecule has 2 nitrogen and oxygen atoms in total. The van der Waals surface area contributed by atoms with E-state index in [1.54, 1.807) is 0 Å². The molecule has 1 aliphatic rings. The zero-order chi connectivity index (χ0) is 12.8. The number of hydrogen-bond donors (Lipinski definition) is 1. The maximum atomic E-state index is 4.66. The molecule has 0 aromatic carbocycles. The lowest BCUT2D eigenvalue weighted by Crippen LogP contribution is -2.18. The summed E-state index contributed by atoms with van der Waals surface area (Å²) in [5.41, 5.74) is 0. The van der Waals surface area contributed by atoms with E-state index >= 15 is 0 Å². The summed E-state index contributed by atoms with van der Waals surface area (Å²) in [4.78, 5) is 6.04. The maximum Gasteiger partial charge on any atom is 0.107 e. The van der Waals surface area contributed by atoms with Crippen LogP contribution in [0.15, 0.2) is 6.20 Å². The first-order valence-electron chi connectivity index (χ1n) is 6.73. The summed E-state index contributed by atoms with van der Waals surface area (Å²) in [5, 5.41) is 6.17. The first-order chi connectivity index (χ1) is 8.85. The molecule has 1 aromatic rings. The summed E-state index contributed by atoms with van der Waals surface area (Å²) in [6.45, 7) is 6.58. The van der Waals surface area contributed by atoms with Crippen LogP contribution in [0.2, 0.25) is 0 Å². The average molecular weight is 303 g/mol. The van der Waals surface area contributed by atoms with Gasteiger partial charge in [0, 0.05) is 34.4 Å². The molecule has 2 heterocycles. The SMILES string of the molecule is CCCNCc1cnc(C2SCCSC2CC)s1. The van der Waals surface area contributed by atoms with Crippen LogP contribution in [0.25, 0.3) is 0 Å². The van der Waals surface area contributed by atoms with Crippen LogP contribution < -0.4 is 5.32 Å².